The second-order valence-corrected chi connectivity index (χ2v) is 5.32. The number of aryl methyl sites for hydroxylation is 2. The summed E-state index contributed by atoms with van der Waals surface area (Å²) in [6, 6.07) is 2.46. The molecule has 0 spiro atoms. The molecule has 0 saturated heterocycles. The average molecular weight is 219 g/mol. The van der Waals surface area contributed by atoms with Crippen molar-refractivity contribution in [2.24, 2.45) is 5.73 Å². The van der Waals surface area contributed by atoms with Crippen molar-refractivity contribution >= 4 is 11.3 Å². The van der Waals surface area contributed by atoms with Crippen LogP contribution in [0.1, 0.15) is 47.0 Å². The fraction of sp³-hybridized carbons (Fsp3) is 0.538. The molecule has 15 heavy (non-hydrogen) atoms. The van der Waals surface area contributed by atoms with Crippen molar-refractivity contribution < 1.29 is 0 Å². The van der Waals surface area contributed by atoms with Gasteiger partial charge >= 0.3 is 0 Å². The molecular formula is C13H17NS. The van der Waals surface area contributed by atoms with Crippen molar-refractivity contribution in [2.45, 2.75) is 44.6 Å². The quantitative estimate of drug-likeness (QED) is 0.777. The van der Waals surface area contributed by atoms with Crippen molar-refractivity contribution in [2.75, 3.05) is 0 Å². The van der Waals surface area contributed by atoms with Crippen LogP contribution in [0.15, 0.2) is 6.07 Å². The molecule has 1 unspecified atom stereocenters. The average Bonchev–Trinajstić information content (AvgIpc) is 2.69. The highest BCUT2D eigenvalue weighted by Gasteiger charge is 2.16. The Hall–Kier alpha value is -0.780. The summed E-state index contributed by atoms with van der Waals surface area (Å²) < 4.78 is 0. The summed E-state index contributed by atoms with van der Waals surface area (Å²) >= 11 is 1.90. The molecule has 2 rings (SSSR count). The second kappa shape index (κ2) is 4.83. The Morgan fingerprint density at radius 3 is 3.00 bits per heavy atom. The van der Waals surface area contributed by atoms with Gasteiger partial charge in [-0.1, -0.05) is 0 Å². The van der Waals surface area contributed by atoms with Crippen LogP contribution in [0, 0.1) is 12.3 Å². The molecule has 1 aliphatic carbocycles. The van der Waals surface area contributed by atoms with Crippen molar-refractivity contribution in [3.8, 4) is 12.3 Å². The molecular weight excluding hydrogens is 202 g/mol. The van der Waals surface area contributed by atoms with Crippen LogP contribution in [-0.4, -0.2) is 0 Å². The molecule has 0 saturated carbocycles. The lowest BCUT2D eigenvalue weighted by Gasteiger charge is -2.08. The van der Waals surface area contributed by atoms with Crippen LogP contribution in [0.25, 0.3) is 0 Å². The van der Waals surface area contributed by atoms with Gasteiger partial charge in [-0.15, -0.1) is 23.7 Å². The summed E-state index contributed by atoms with van der Waals surface area (Å²) in [6.07, 6.45) is 12.1. The van der Waals surface area contributed by atoms with Crippen LogP contribution in [0.4, 0.5) is 0 Å². The van der Waals surface area contributed by atoms with Crippen molar-refractivity contribution in [3.63, 3.8) is 0 Å². The number of fused-ring (bicyclic) bond motifs is 1. The summed E-state index contributed by atoms with van der Waals surface area (Å²) in [5.41, 5.74) is 7.65. The molecule has 1 aromatic heterocycles. The third-order valence-corrected chi connectivity index (χ3v) is 4.35. The smallest absolute Gasteiger partial charge is 0.0399 e. The van der Waals surface area contributed by atoms with Crippen LogP contribution in [0.3, 0.4) is 0 Å². The molecule has 1 aromatic rings. The molecule has 0 aromatic carbocycles. The van der Waals surface area contributed by atoms with Crippen molar-refractivity contribution in [3.05, 3.63) is 21.4 Å². The van der Waals surface area contributed by atoms with E-state index in [0.29, 0.717) is 0 Å². The van der Waals surface area contributed by atoms with E-state index in [4.69, 9.17) is 12.2 Å². The third kappa shape index (κ3) is 2.42. The zero-order valence-corrected chi connectivity index (χ0v) is 9.78. The molecule has 0 fully saturated rings. The van der Waals surface area contributed by atoms with Crippen LogP contribution in [-0.2, 0) is 12.8 Å². The molecule has 0 radical (unpaired) electrons. The maximum atomic E-state index is 6.11. The molecule has 1 nitrogen and oxygen atoms in total. The number of nitrogens with two attached hydrogens (primary N) is 1. The SMILES string of the molecule is C#CCCC(N)c1cc2c(s1)CCCC2. The number of rotatable bonds is 3. The second-order valence-electron chi connectivity index (χ2n) is 4.15. The number of hydrogen-bond donors (Lipinski definition) is 1. The molecule has 1 atom stereocenters. The Bertz CT molecular complexity index is 349. The first-order valence-corrected chi connectivity index (χ1v) is 6.43. The van der Waals surface area contributed by atoms with Crippen LogP contribution in [0.5, 0.6) is 0 Å². The van der Waals surface area contributed by atoms with Gasteiger partial charge in [0.1, 0.15) is 0 Å². The minimum absolute atomic E-state index is 0.150. The fourth-order valence-electron chi connectivity index (χ4n) is 2.08. The zero-order valence-electron chi connectivity index (χ0n) is 8.96. The Morgan fingerprint density at radius 2 is 2.27 bits per heavy atom. The van der Waals surface area contributed by atoms with Gasteiger partial charge in [-0.05, 0) is 43.7 Å². The lowest BCUT2D eigenvalue weighted by molar-refractivity contribution is 0.676. The van der Waals surface area contributed by atoms with E-state index in [2.05, 4.69) is 12.0 Å². The summed E-state index contributed by atoms with van der Waals surface area (Å²) in [6.45, 7) is 0. The highest BCUT2D eigenvalue weighted by atomic mass is 32.1. The Balaban J connectivity index is 2.09. The van der Waals surface area contributed by atoms with E-state index >= 15 is 0 Å². The van der Waals surface area contributed by atoms with Gasteiger partial charge in [0.05, 0.1) is 0 Å². The molecule has 80 valence electrons. The lowest BCUT2D eigenvalue weighted by atomic mass is 9.98. The first kappa shape index (κ1) is 10.7. The fourth-order valence-corrected chi connectivity index (χ4v) is 3.37. The highest BCUT2D eigenvalue weighted by Crippen LogP contribution is 2.33. The van der Waals surface area contributed by atoms with E-state index < -0.39 is 0 Å². The normalized spacial score (nSPS) is 16.8. The van der Waals surface area contributed by atoms with E-state index in [1.165, 1.54) is 36.1 Å². The molecule has 0 amide bonds. The van der Waals surface area contributed by atoms with Crippen LogP contribution < -0.4 is 5.73 Å². The standard InChI is InChI=1S/C13H17NS/c1-2-3-7-11(14)13-9-10-6-4-5-8-12(10)15-13/h1,9,11H,3-8,14H2. The van der Waals surface area contributed by atoms with Gasteiger partial charge in [0.15, 0.2) is 0 Å². The van der Waals surface area contributed by atoms with Crippen molar-refractivity contribution in [1.82, 2.24) is 0 Å². The molecule has 1 heterocycles. The van der Waals surface area contributed by atoms with E-state index in [-0.39, 0.29) is 6.04 Å². The topological polar surface area (TPSA) is 26.0 Å². The minimum Gasteiger partial charge on any atom is -0.323 e. The predicted molar refractivity (Wildman–Crippen MR) is 66.0 cm³/mol. The summed E-state index contributed by atoms with van der Waals surface area (Å²) in [7, 11) is 0. The molecule has 2 N–H and O–H groups in total. The van der Waals surface area contributed by atoms with E-state index in [0.717, 1.165) is 12.8 Å². The van der Waals surface area contributed by atoms with Gasteiger partial charge in [-0.25, -0.2) is 0 Å². The van der Waals surface area contributed by atoms with Crippen molar-refractivity contribution in [1.29, 1.82) is 0 Å². The highest BCUT2D eigenvalue weighted by molar-refractivity contribution is 7.12. The van der Waals surface area contributed by atoms with Gasteiger partial charge in [-0.3, -0.25) is 0 Å². The van der Waals surface area contributed by atoms with E-state index in [1.54, 1.807) is 4.88 Å². The predicted octanol–water partition coefficient (Wildman–Crippen LogP) is 3.04. The van der Waals surface area contributed by atoms with Gasteiger partial charge in [0.2, 0.25) is 0 Å². The lowest BCUT2D eigenvalue weighted by Crippen LogP contribution is -2.07. The molecule has 0 bridgehead atoms. The summed E-state index contributed by atoms with van der Waals surface area (Å²) in [4.78, 5) is 2.89. The Morgan fingerprint density at radius 1 is 1.47 bits per heavy atom. The first-order valence-electron chi connectivity index (χ1n) is 5.62. The summed E-state index contributed by atoms with van der Waals surface area (Å²) in [5.74, 6) is 2.65. The van der Waals surface area contributed by atoms with Gasteiger partial charge in [-0.2, -0.15) is 0 Å². The van der Waals surface area contributed by atoms with Gasteiger partial charge in [0.25, 0.3) is 0 Å². The number of hydrogen-bond acceptors (Lipinski definition) is 2. The van der Waals surface area contributed by atoms with E-state index in [1.807, 2.05) is 11.3 Å². The minimum atomic E-state index is 0.150. The first-order chi connectivity index (χ1) is 7.31. The van der Waals surface area contributed by atoms with Crippen LogP contribution in [0.2, 0.25) is 0 Å². The molecule has 2 heteroatoms. The molecule has 1 aliphatic rings. The zero-order chi connectivity index (χ0) is 10.7. The van der Waals surface area contributed by atoms with Gasteiger partial charge < -0.3 is 5.73 Å². The van der Waals surface area contributed by atoms with Crippen LogP contribution >= 0.6 is 11.3 Å². The van der Waals surface area contributed by atoms with Gasteiger partial charge in [0, 0.05) is 22.2 Å². The maximum Gasteiger partial charge on any atom is 0.0399 e. The Labute approximate surface area is 95.7 Å². The number of thiophene rings is 1. The maximum absolute atomic E-state index is 6.11. The van der Waals surface area contributed by atoms with E-state index in [9.17, 15) is 0 Å². The Kier molecular flexibility index (Phi) is 3.45. The largest absolute Gasteiger partial charge is 0.323 e. The third-order valence-electron chi connectivity index (χ3n) is 2.98. The monoisotopic (exact) mass is 219 g/mol. The summed E-state index contributed by atoms with van der Waals surface area (Å²) in [5, 5.41) is 0. The number of terminal acetylenes is 1. The molecule has 0 aliphatic heterocycles.